The number of hydrogen-bond donors (Lipinski definition) is 1. The normalized spacial score (nSPS) is 16.0. The topological polar surface area (TPSA) is 33.6 Å². The Morgan fingerprint density at radius 2 is 1.29 bits per heavy atom. The van der Waals surface area contributed by atoms with Crippen LogP contribution in [0.25, 0.3) is 49.9 Å². The highest BCUT2D eigenvalue weighted by molar-refractivity contribution is 6.11. The Balaban J connectivity index is 1.17. The van der Waals surface area contributed by atoms with E-state index in [0.29, 0.717) is 0 Å². The molecule has 1 N–H and O–H groups in total. The highest BCUT2D eigenvalue weighted by atomic mass is 16.5. The zero-order valence-electron chi connectivity index (χ0n) is 24.4. The molecule has 45 heavy (non-hydrogen) atoms. The van der Waals surface area contributed by atoms with Crippen LogP contribution in [0, 0.1) is 0 Å². The molecule has 0 spiro atoms. The predicted molar refractivity (Wildman–Crippen MR) is 185 cm³/mol. The van der Waals surface area contributed by atoms with Gasteiger partial charge >= 0.3 is 0 Å². The lowest BCUT2D eigenvalue weighted by molar-refractivity contribution is 0.487. The first-order valence-electron chi connectivity index (χ1n) is 15.3. The summed E-state index contributed by atoms with van der Waals surface area (Å²) in [5, 5.41) is 6.04. The van der Waals surface area contributed by atoms with Crippen molar-refractivity contribution in [2.45, 2.75) is 6.04 Å². The van der Waals surface area contributed by atoms with Gasteiger partial charge in [0.1, 0.15) is 17.3 Å². The summed E-state index contributed by atoms with van der Waals surface area (Å²) in [6.07, 6.45) is 8.57. The number of hydrogen-bond acceptors (Lipinski definition) is 3. The van der Waals surface area contributed by atoms with Crippen molar-refractivity contribution < 1.29 is 4.74 Å². The largest absolute Gasteiger partial charge is 0.456 e. The Morgan fingerprint density at radius 3 is 2.16 bits per heavy atom. The average Bonchev–Trinajstić information content (AvgIpc) is 3.12. The van der Waals surface area contributed by atoms with Gasteiger partial charge in [0.2, 0.25) is 0 Å². The number of nitrogens with zero attached hydrogens (tertiary/aromatic N) is 1. The van der Waals surface area contributed by atoms with Crippen molar-refractivity contribution in [3.05, 3.63) is 174 Å². The molecule has 1 atom stereocenters. The molecule has 0 amide bonds. The molecule has 3 nitrogen and oxygen atoms in total. The van der Waals surface area contributed by atoms with Gasteiger partial charge < -0.3 is 10.1 Å². The van der Waals surface area contributed by atoms with Crippen LogP contribution in [0.3, 0.4) is 0 Å². The minimum absolute atomic E-state index is 0.0303. The van der Waals surface area contributed by atoms with Crippen molar-refractivity contribution in [1.82, 2.24) is 5.32 Å². The molecule has 9 rings (SSSR count). The molecule has 6 aromatic rings. The number of nitrogens with one attached hydrogen (secondary N) is 1. The van der Waals surface area contributed by atoms with Gasteiger partial charge in [-0.2, -0.15) is 0 Å². The summed E-state index contributed by atoms with van der Waals surface area (Å²) in [5.41, 5.74) is 11.3. The van der Waals surface area contributed by atoms with Gasteiger partial charge in [-0.25, -0.2) is 4.99 Å². The van der Waals surface area contributed by atoms with Crippen LogP contribution in [-0.4, -0.2) is 11.9 Å². The fourth-order valence-corrected chi connectivity index (χ4v) is 6.75. The van der Waals surface area contributed by atoms with Crippen LogP contribution in [-0.2, 0) is 0 Å². The summed E-state index contributed by atoms with van der Waals surface area (Å²) >= 11 is 0. The van der Waals surface area contributed by atoms with Crippen molar-refractivity contribution in [3.8, 4) is 44.9 Å². The zero-order chi connectivity index (χ0) is 29.7. The van der Waals surface area contributed by atoms with E-state index in [4.69, 9.17) is 9.73 Å². The maximum atomic E-state index is 6.52. The quantitative estimate of drug-likeness (QED) is 0.226. The van der Waals surface area contributed by atoms with Crippen LogP contribution in [0.1, 0.15) is 11.1 Å². The number of allylic oxidation sites excluding steroid dienone is 2. The SMILES string of the molecule is C1=CC2=C(c3cccc(-c4ccccc4)c3)N=C(c3ccc4c(c3)-c3cccc5c(-c6ccccc6)ccc(c35)O4)NC2C=C1. The third-order valence-electron chi connectivity index (χ3n) is 8.91. The lowest BCUT2D eigenvalue weighted by Crippen LogP contribution is -2.39. The number of rotatable bonds is 4. The van der Waals surface area contributed by atoms with E-state index in [-0.39, 0.29) is 6.04 Å². The molecule has 3 heteroatoms. The molecule has 6 aromatic carbocycles. The van der Waals surface area contributed by atoms with E-state index < -0.39 is 0 Å². The molecule has 0 saturated heterocycles. The van der Waals surface area contributed by atoms with Crippen LogP contribution in [0.5, 0.6) is 11.5 Å². The Hall–Kier alpha value is -5.93. The van der Waals surface area contributed by atoms with Gasteiger partial charge in [-0.15, -0.1) is 0 Å². The Morgan fingerprint density at radius 1 is 0.533 bits per heavy atom. The molecule has 1 aliphatic carbocycles. The summed E-state index contributed by atoms with van der Waals surface area (Å²) in [5.74, 6) is 2.60. The molecule has 0 aromatic heterocycles. The molecule has 3 aliphatic rings. The lowest BCUT2D eigenvalue weighted by atomic mass is 9.89. The summed E-state index contributed by atoms with van der Waals surface area (Å²) in [7, 11) is 0. The molecule has 0 saturated carbocycles. The van der Waals surface area contributed by atoms with E-state index in [1.165, 1.54) is 38.8 Å². The highest BCUT2D eigenvalue weighted by Gasteiger charge is 2.27. The third kappa shape index (κ3) is 4.32. The first kappa shape index (κ1) is 25.6. The highest BCUT2D eigenvalue weighted by Crippen LogP contribution is 2.49. The predicted octanol–water partition coefficient (Wildman–Crippen LogP) is 10.2. The second-order valence-electron chi connectivity index (χ2n) is 11.6. The lowest BCUT2D eigenvalue weighted by Gasteiger charge is -2.29. The van der Waals surface area contributed by atoms with Crippen LogP contribution < -0.4 is 10.1 Å². The molecule has 212 valence electrons. The summed E-state index contributed by atoms with van der Waals surface area (Å²) in [4.78, 5) is 5.30. The average molecular weight is 577 g/mol. The van der Waals surface area contributed by atoms with Crippen LogP contribution >= 0.6 is 0 Å². The second kappa shape index (κ2) is 10.4. The van der Waals surface area contributed by atoms with Crippen LogP contribution in [0.15, 0.2) is 168 Å². The molecule has 1 unspecified atom stereocenters. The standard InChI is InChI=1S/C42H28N2O/c1-3-11-27(12-4-1)29-15-9-16-30(25-29)41-35-17-7-8-20-37(35)43-42(44-41)31-21-23-38-36(26-31)34-19-10-18-33-32(28-13-5-2-6-14-28)22-24-39(45-38)40(33)34/h1-26,37H,(H,43,44). The summed E-state index contributed by atoms with van der Waals surface area (Å²) in [6.45, 7) is 0. The number of ether oxygens (including phenoxy) is 1. The Labute approximate surface area is 262 Å². The molecule has 0 radical (unpaired) electrons. The van der Waals surface area contributed by atoms with Gasteiger partial charge in [0.25, 0.3) is 0 Å². The van der Waals surface area contributed by atoms with E-state index in [1.807, 2.05) is 0 Å². The van der Waals surface area contributed by atoms with Gasteiger partial charge in [0, 0.05) is 27.6 Å². The second-order valence-corrected chi connectivity index (χ2v) is 11.6. The minimum atomic E-state index is 0.0303. The summed E-state index contributed by atoms with van der Waals surface area (Å²) < 4.78 is 6.52. The molecule has 2 aliphatic heterocycles. The fourth-order valence-electron chi connectivity index (χ4n) is 6.75. The molecule has 0 fully saturated rings. The van der Waals surface area contributed by atoms with Gasteiger partial charge in [-0.05, 0) is 63.5 Å². The molecular formula is C42H28N2O. The van der Waals surface area contributed by atoms with E-state index in [9.17, 15) is 0 Å². The Bertz CT molecular complexity index is 2260. The van der Waals surface area contributed by atoms with Gasteiger partial charge in [-0.1, -0.05) is 127 Å². The Kier molecular flexibility index (Phi) is 5.88. The van der Waals surface area contributed by atoms with Crippen LogP contribution in [0.4, 0.5) is 0 Å². The maximum absolute atomic E-state index is 6.52. The van der Waals surface area contributed by atoms with Gasteiger partial charge in [0.05, 0.1) is 11.7 Å². The first-order chi connectivity index (χ1) is 22.3. The number of benzene rings is 6. The number of fused-ring (bicyclic) bond motifs is 3. The van der Waals surface area contributed by atoms with Crippen LogP contribution in [0.2, 0.25) is 0 Å². The summed E-state index contributed by atoms with van der Waals surface area (Å²) in [6, 6.07) is 47.0. The maximum Gasteiger partial charge on any atom is 0.135 e. The minimum Gasteiger partial charge on any atom is -0.456 e. The number of amidine groups is 1. The zero-order valence-corrected chi connectivity index (χ0v) is 24.4. The fraction of sp³-hybridized carbons (Fsp3) is 0.0238. The van der Waals surface area contributed by atoms with E-state index >= 15 is 0 Å². The van der Waals surface area contributed by atoms with Crippen molar-refractivity contribution in [3.63, 3.8) is 0 Å². The van der Waals surface area contributed by atoms with Crippen molar-refractivity contribution in [2.24, 2.45) is 4.99 Å². The van der Waals surface area contributed by atoms with Gasteiger partial charge in [-0.3, -0.25) is 0 Å². The third-order valence-corrected chi connectivity index (χ3v) is 8.91. The van der Waals surface area contributed by atoms with Crippen molar-refractivity contribution >= 4 is 22.3 Å². The van der Waals surface area contributed by atoms with Gasteiger partial charge in [0.15, 0.2) is 0 Å². The van der Waals surface area contributed by atoms with Crippen molar-refractivity contribution in [2.75, 3.05) is 0 Å². The molecular weight excluding hydrogens is 548 g/mol. The van der Waals surface area contributed by atoms with Crippen molar-refractivity contribution in [1.29, 1.82) is 0 Å². The molecule has 0 bridgehead atoms. The monoisotopic (exact) mass is 576 g/mol. The number of aliphatic imine (C=N–C) groups is 1. The van der Waals surface area contributed by atoms with E-state index in [2.05, 4.69) is 163 Å². The molecule has 2 heterocycles. The van der Waals surface area contributed by atoms with E-state index in [1.54, 1.807) is 0 Å². The smallest absolute Gasteiger partial charge is 0.135 e. The van der Waals surface area contributed by atoms with E-state index in [0.717, 1.165) is 45.1 Å². The first-order valence-corrected chi connectivity index (χ1v) is 15.3.